The van der Waals surface area contributed by atoms with Gasteiger partial charge >= 0.3 is 0 Å². The van der Waals surface area contributed by atoms with Gasteiger partial charge in [0.25, 0.3) is 0 Å². The summed E-state index contributed by atoms with van der Waals surface area (Å²) >= 11 is 1.67. The predicted molar refractivity (Wildman–Crippen MR) is 77.1 cm³/mol. The Bertz CT molecular complexity index is 547. The average molecular weight is 261 g/mol. The number of hydrogen-bond acceptors (Lipinski definition) is 4. The van der Waals surface area contributed by atoms with Crippen LogP contribution in [0.15, 0.2) is 17.8 Å². The molecule has 2 aromatic heterocycles. The van der Waals surface area contributed by atoms with Crippen LogP contribution in [0.25, 0.3) is 10.2 Å². The lowest BCUT2D eigenvalue weighted by Crippen LogP contribution is -2.39. The van der Waals surface area contributed by atoms with E-state index in [-0.39, 0.29) is 0 Å². The topological polar surface area (TPSA) is 37.8 Å². The molecule has 0 aliphatic heterocycles. The zero-order valence-electron chi connectivity index (χ0n) is 10.9. The van der Waals surface area contributed by atoms with E-state index in [1.165, 1.54) is 25.7 Å². The molecule has 3 rings (SSSR count). The van der Waals surface area contributed by atoms with Gasteiger partial charge in [-0.15, -0.1) is 11.3 Å². The molecule has 0 spiro atoms. The van der Waals surface area contributed by atoms with Crippen LogP contribution in [0.4, 0.5) is 5.82 Å². The summed E-state index contributed by atoms with van der Waals surface area (Å²) in [6, 6.07) is 2.63. The molecule has 2 heterocycles. The van der Waals surface area contributed by atoms with Crippen molar-refractivity contribution >= 4 is 27.4 Å². The normalized spacial score (nSPS) is 23.1. The number of thiophene rings is 1. The van der Waals surface area contributed by atoms with E-state index in [4.69, 9.17) is 0 Å². The van der Waals surface area contributed by atoms with Crippen LogP contribution in [0.3, 0.4) is 0 Å². The SMILES string of the molecule is CC1(C)CCCCC1Nc1ncnc2sccc12. The van der Waals surface area contributed by atoms with Crippen LogP contribution in [0, 0.1) is 5.41 Å². The molecule has 1 N–H and O–H groups in total. The van der Waals surface area contributed by atoms with E-state index in [0.717, 1.165) is 16.0 Å². The lowest BCUT2D eigenvalue weighted by atomic mass is 9.73. The molecule has 0 amide bonds. The third-order valence-corrected chi connectivity index (χ3v) is 4.90. The molecule has 2 aromatic rings. The Morgan fingerprint density at radius 3 is 3.06 bits per heavy atom. The van der Waals surface area contributed by atoms with E-state index in [9.17, 15) is 0 Å². The van der Waals surface area contributed by atoms with Crippen molar-refractivity contribution < 1.29 is 0 Å². The summed E-state index contributed by atoms with van der Waals surface area (Å²) in [5.41, 5.74) is 0.353. The summed E-state index contributed by atoms with van der Waals surface area (Å²) < 4.78 is 0. The second-order valence-corrected chi connectivity index (χ2v) is 6.69. The Balaban J connectivity index is 1.89. The van der Waals surface area contributed by atoms with Crippen molar-refractivity contribution in [2.45, 2.75) is 45.6 Å². The average Bonchev–Trinajstić information content (AvgIpc) is 2.81. The summed E-state index contributed by atoms with van der Waals surface area (Å²) in [7, 11) is 0. The minimum Gasteiger partial charge on any atom is -0.366 e. The van der Waals surface area contributed by atoms with Gasteiger partial charge in [0.15, 0.2) is 0 Å². The third kappa shape index (κ3) is 2.09. The highest BCUT2D eigenvalue weighted by molar-refractivity contribution is 7.16. The number of rotatable bonds is 2. The fraction of sp³-hybridized carbons (Fsp3) is 0.571. The molecule has 1 aliphatic carbocycles. The first-order valence-corrected chi connectivity index (χ1v) is 7.49. The molecule has 1 aliphatic rings. The minimum atomic E-state index is 0.353. The fourth-order valence-corrected chi connectivity index (χ4v) is 3.56. The molecule has 0 radical (unpaired) electrons. The number of aromatic nitrogens is 2. The highest BCUT2D eigenvalue weighted by Gasteiger charge is 2.32. The lowest BCUT2D eigenvalue weighted by molar-refractivity contribution is 0.217. The summed E-state index contributed by atoms with van der Waals surface area (Å²) in [6.07, 6.45) is 6.87. The van der Waals surface area contributed by atoms with E-state index in [1.807, 2.05) is 0 Å². The van der Waals surface area contributed by atoms with Gasteiger partial charge in [-0.25, -0.2) is 9.97 Å². The Morgan fingerprint density at radius 2 is 2.22 bits per heavy atom. The van der Waals surface area contributed by atoms with Crippen molar-refractivity contribution in [3.63, 3.8) is 0 Å². The zero-order chi connectivity index (χ0) is 12.6. The number of hydrogen-bond donors (Lipinski definition) is 1. The molecule has 0 bridgehead atoms. The molecule has 0 saturated heterocycles. The maximum Gasteiger partial charge on any atom is 0.138 e. The number of nitrogens with one attached hydrogen (secondary N) is 1. The van der Waals surface area contributed by atoms with Crippen LogP contribution >= 0.6 is 11.3 Å². The fourth-order valence-electron chi connectivity index (χ4n) is 2.83. The zero-order valence-corrected chi connectivity index (χ0v) is 11.8. The molecular formula is C14H19N3S. The standard InChI is InChI=1S/C14H19N3S/c1-14(2)7-4-3-5-11(14)17-12-10-6-8-18-13(10)16-9-15-12/h6,8-9,11H,3-5,7H2,1-2H3,(H,15,16,17). The minimum absolute atomic E-state index is 0.353. The largest absolute Gasteiger partial charge is 0.366 e. The van der Waals surface area contributed by atoms with E-state index >= 15 is 0 Å². The van der Waals surface area contributed by atoms with Gasteiger partial charge in [0.05, 0.1) is 5.39 Å². The predicted octanol–water partition coefficient (Wildman–Crippen LogP) is 4.07. The van der Waals surface area contributed by atoms with Gasteiger partial charge in [-0.3, -0.25) is 0 Å². The Labute approximate surface area is 112 Å². The molecule has 1 saturated carbocycles. The number of anilines is 1. The molecule has 96 valence electrons. The summed E-state index contributed by atoms with van der Waals surface area (Å²) in [6.45, 7) is 4.71. The maximum absolute atomic E-state index is 4.42. The van der Waals surface area contributed by atoms with Gasteiger partial charge in [-0.2, -0.15) is 0 Å². The van der Waals surface area contributed by atoms with Crippen LogP contribution in [0.2, 0.25) is 0 Å². The summed E-state index contributed by atoms with van der Waals surface area (Å²) in [5, 5.41) is 6.89. The number of fused-ring (bicyclic) bond motifs is 1. The molecule has 1 unspecified atom stereocenters. The van der Waals surface area contributed by atoms with Crippen molar-refractivity contribution in [2.24, 2.45) is 5.41 Å². The molecule has 3 nitrogen and oxygen atoms in total. The van der Waals surface area contributed by atoms with E-state index in [0.29, 0.717) is 11.5 Å². The van der Waals surface area contributed by atoms with Gasteiger partial charge in [0.2, 0.25) is 0 Å². The van der Waals surface area contributed by atoms with Crippen molar-refractivity contribution in [3.8, 4) is 0 Å². The van der Waals surface area contributed by atoms with Gasteiger partial charge in [-0.05, 0) is 29.7 Å². The van der Waals surface area contributed by atoms with Gasteiger partial charge in [0, 0.05) is 6.04 Å². The molecule has 4 heteroatoms. The Morgan fingerprint density at radius 1 is 1.33 bits per heavy atom. The van der Waals surface area contributed by atoms with Crippen LogP contribution in [-0.2, 0) is 0 Å². The highest BCUT2D eigenvalue weighted by Crippen LogP contribution is 2.38. The van der Waals surface area contributed by atoms with Crippen LogP contribution in [0.1, 0.15) is 39.5 Å². The summed E-state index contributed by atoms with van der Waals surface area (Å²) in [4.78, 5) is 9.79. The molecule has 0 aromatic carbocycles. The Hall–Kier alpha value is -1.16. The first kappa shape index (κ1) is 11.9. The van der Waals surface area contributed by atoms with Crippen molar-refractivity contribution in [1.29, 1.82) is 0 Å². The third-order valence-electron chi connectivity index (χ3n) is 4.08. The van der Waals surface area contributed by atoms with Crippen LogP contribution in [0.5, 0.6) is 0 Å². The van der Waals surface area contributed by atoms with Crippen LogP contribution < -0.4 is 5.32 Å². The molecule has 1 atom stereocenters. The second kappa shape index (κ2) is 4.50. The lowest BCUT2D eigenvalue weighted by Gasteiger charge is -2.39. The van der Waals surface area contributed by atoms with Crippen molar-refractivity contribution in [3.05, 3.63) is 17.8 Å². The van der Waals surface area contributed by atoms with E-state index < -0.39 is 0 Å². The second-order valence-electron chi connectivity index (χ2n) is 5.79. The Kier molecular flexibility index (Phi) is 2.98. The van der Waals surface area contributed by atoms with Crippen molar-refractivity contribution in [2.75, 3.05) is 5.32 Å². The monoisotopic (exact) mass is 261 g/mol. The quantitative estimate of drug-likeness (QED) is 0.885. The smallest absolute Gasteiger partial charge is 0.138 e. The van der Waals surface area contributed by atoms with Crippen LogP contribution in [-0.4, -0.2) is 16.0 Å². The van der Waals surface area contributed by atoms with Crippen molar-refractivity contribution in [1.82, 2.24) is 9.97 Å². The number of nitrogens with zero attached hydrogens (tertiary/aromatic N) is 2. The van der Waals surface area contributed by atoms with Gasteiger partial charge < -0.3 is 5.32 Å². The van der Waals surface area contributed by atoms with E-state index in [1.54, 1.807) is 17.7 Å². The first-order valence-electron chi connectivity index (χ1n) is 6.61. The molecular weight excluding hydrogens is 242 g/mol. The maximum atomic E-state index is 4.42. The summed E-state index contributed by atoms with van der Waals surface area (Å²) in [5.74, 6) is 1.00. The highest BCUT2D eigenvalue weighted by atomic mass is 32.1. The first-order chi connectivity index (χ1) is 8.67. The van der Waals surface area contributed by atoms with E-state index in [2.05, 4.69) is 40.6 Å². The molecule has 18 heavy (non-hydrogen) atoms. The van der Waals surface area contributed by atoms with Gasteiger partial charge in [0.1, 0.15) is 17.0 Å². The molecule has 1 fully saturated rings. The van der Waals surface area contributed by atoms with Gasteiger partial charge in [-0.1, -0.05) is 26.7 Å².